The number of amides is 3. The van der Waals surface area contributed by atoms with Crippen LogP contribution in [0.3, 0.4) is 0 Å². The molecule has 7 nitrogen and oxygen atoms in total. The van der Waals surface area contributed by atoms with Gasteiger partial charge in [0.2, 0.25) is 5.91 Å². The van der Waals surface area contributed by atoms with Gasteiger partial charge in [0.25, 0.3) is 0 Å². The highest BCUT2D eigenvalue weighted by molar-refractivity contribution is 5.89. The smallest absolute Gasteiger partial charge is 0.319 e. The van der Waals surface area contributed by atoms with Crippen molar-refractivity contribution in [1.82, 2.24) is 15.1 Å². The second kappa shape index (κ2) is 10.6. The van der Waals surface area contributed by atoms with Crippen molar-refractivity contribution in [1.29, 1.82) is 0 Å². The summed E-state index contributed by atoms with van der Waals surface area (Å²) in [5.41, 5.74) is 1.78. The monoisotopic (exact) mass is 402 g/mol. The van der Waals surface area contributed by atoms with Gasteiger partial charge in [0.05, 0.1) is 13.2 Å². The van der Waals surface area contributed by atoms with Crippen LogP contribution in [0.5, 0.6) is 0 Å². The zero-order valence-electron chi connectivity index (χ0n) is 17.7. The highest BCUT2D eigenvalue weighted by atomic mass is 16.5. The third-order valence-corrected chi connectivity index (χ3v) is 5.53. The van der Waals surface area contributed by atoms with Gasteiger partial charge in [0.1, 0.15) is 0 Å². The van der Waals surface area contributed by atoms with Crippen LogP contribution in [0.15, 0.2) is 24.3 Å². The molecule has 1 aromatic carbocycles. The van der Waals surface area contributed by atoms with Gasteiger partial charge in [-0.05, 0) is 36.5 Å². The first-order chi connectivity index (χ1) is 14.0. The first-order valence-corrected chi connectivity index (χ1v) is 10.7. The maximum Gasteiger partial charge on any atom is 0.319 e. The zero-order valence-corrected chi connectivity index (χ0v) is 17.7. The fraction of sp³-hybridized carbons (Fsp3) is 0.636. The van der Waals surface area contributed by atoms with Crippen LogP contribution in [0.2, 0.25) is 0 Å². The molecule has 2 saturated heterocycles. The van der Waals surface area contributed by atoms with E-state index in [0.29, 0.717) is 31.5 Å². The van der Waals surface area contributed by atoms with Crippen LogP contribution < -0.4 is 10.6 Å². The van der Waals surface area contributed by atoms with Crippen LogP contribution in [-0.2, 0) is 16.1 Å². The number of ether oxygens (including phenoxy) is 1. The molecule has 0 radical (unpaired) electrons. The number of carbonyl (C=O) groups is 2. The number of hydrogen-bond donors (Lipinski definition) is 2. The number of morpholine rings is 1. The third-order valence-electron chi connectivity index (χ3n) is 5.53. The molecular formula is C22H34N4O3. The second-order valence-corrected chi connectivity index (χ2v) is 8.39. The summed E-state index contributed by atoms with van der Waals surface area (Å²) in [5.74, 6) is 0.776. The number of carbonyl (C=O) groups excluding carboxylic acids is 2. The lowest BCUT2D eigenvalue weighted by molar-refractivity contribution is -0.128. The molecule has 2 fully saturated rings. The molecule has 2 N–H and O–H groups in total. The first-order valence-electron chi connectivity index (χ1n) is 10.7. The van der Waals surface area contributed by atoms with E-state index in [4.69, 9.17) is 4.74 Å². The minimum atomic E-state index is -0.193. The Kier molecular flexibility index (Phi) is 7.89. The molecule has 0 aliphatic carbocycles. The number of nitrogens with one attached hydrogen (secondary N) is 2. The molecule has 2 heterocycles. The van der Waals surface area contributed by atoms with Crippen molar-refractivity contribution in [3.05, 3.63) is 29.8 Å². The van der Waals surface area contributed by atoms with Crippen molar-refractivity contribution in [2.45, 2.75) is 45.7 Å². The van der Waals surface area contributed by atoms with E-state index >= 15 is 0 Å². The van der Waals surface area contributed by atoms with Crippen LogP contribution in [0.1, 0.15) is 38.7 Å². The molecule has 2 aliphatic heterocycles. The average Bonchev–Trinajstić information content (AvgIpc) is 3.10. The summed E-state index contributed by atoms with van der Waals surface area (Å²) in [7, 11) is 0. The minimum absolute atomic E-state index is 0.193. The van der Waals surface area contributed by atoms with Crippen molar-refractivity contribution in [2.75, 3.05) is 44.7 Å². The average molecular weight is 403 g/mol. The molecule has 160 valence electrons. The molecule has 0 aromatic heterocycles. The Balaban J connectivity index is 1.51. The molecule has 3 amide bonds. The SMILES string of the molecule is CC(C)C[C@H](CNC(=O)Nc1cccc(CN2CCCC2=O)c1)N1CCOCC1. The highest BCUT2D eigenvalue weighted by Crippen LogP contribution is 2.17. The Morgan fingerprint density at radius 3 is 2.69 bits per heavy atom. The molecule has 7 heteroatoms. The van der Waals surface area contributed by atoms with Crippen LogP contribution in [-0.4, -0.2) is 67.2 Å². The molecule has 2 aliphatic rings. The van der Waals surface area contributed by atoms with Crippen molar-refractivity contribution in [3.63, 3.8) is 0 Å². The molecule has 0 unspecified atom stereocenters. The Morgan fingerprint density at radius 1 is 1.21 bits per heavy atom. The normalized spacial score (nSPS) is 18.9. The summed E-state index contributed by atoms with van der Waals surface area (Å²) in [4.78, 5) is 28.6. The molecule has 0 bridgehead atoms. The Morgan fingerprint density at radius 2 is 2.00 bits per heavy atom. The molecule has 3 rings (SSSR count). The van der Waals surface area contributed by atoms with E-state index in [-0.39, 0.29) is 11.9 Å². The lowest BCUT2D eigenvalue weighted by Gasteiger charge is -2.35. The maximum atomic E-state index is 12.5. The van der Waals surface area contributed by atoms with Gasteiger partial charge in [-0.1, -0.05) is 26.0 Å². The van der Waals surface area contributed by atoms with E-state index in [1.807, 2.05) is 29.2 Å². The van der Waals surface area contributed by atoms with E-state index in [1.165, 1.54) is 0 Å². The molecule has 0 spiro atoms. The van der Waals surface area contributed by atoms with Crippen molar-refractivity contribution < 1.29 is 14.3 Å². The Hall–Kier alpha value is -2.12. The number of nitrogens with zero attached hydrogens (tertiary/aromatic N) is 2. The van der Waals surface area contributed by atoms with E-state index < -0.39 is 0 Å². The predicted octanol–water partition coefficient (Wildman–Crippen LogP) is 2.68. The predicted molar refractivity (Wildman–Crippen MR) is 114 cm³/mol. The van der Waals surface area contributed by atoms with Gasteiger partial charge in [-0.25, -0.2) is 4.79 Å². The van der Waals surface area contributed by atoms with E-state index in [1.54, 1.807) is 0 Å². The van der Waals surface area contributed by atoms with Crippen LogP contribution in [0.25, 0.3) is 0 Å². The number of hydrogen-bond acceptors (Lipinski definition) is 4. The van der Waals surface area contributed by atoms with Gasteiger partial charge in [-0.3, -0.25) is 9.69 Å². The number of benzene rings is 1. The molecule has 1 aromatic rings. The summed E-state index contributed by atoms with van der Waals surface area (Å²) < 4.78 is 5.46. The number of anilines is 1. The number of urea groups is 1. The fourth-order valence-electron chi connectivity index (χ4n) is 4.07. The zero-order chi connectivity index (χ0) is 20.6. The summed E-state index contributed by atoms with van der Waals surface area (Å²) >= 11 is 0. The fourth-order valence-corrected chi connectivity index (χ4v) is 4.07. The Bertz CT molecular complexity index is 688. The first kappa shape index (κ1) is 21.6. The van der Waals surface area contributed by atoms with Gasteiger partial charge < -0.3 is 20.3 Å². The number of rotatable bonds is 8. The molecular weight excluding hydrogens is 368 g/mol. The van der Waals surface area contributed by atoms with Crippen molar-refractivity contribution in [2.24, 2.45) is 5.92 Å². The summed E-state index contributed by atoms with van der Waals surface area (Å²) in [6, 6.07) is 7.85. The highest BCUT2D eigenvalue weighted by Gasteiger charge is 2.23. The van der Waals surface area contributed by atoms with Crippen LogP contribution >= 0.6 is 0 Å². The second-order valence-electron chi connectivity index (χ2n) is 8.39. The lowest BCUT2D eigenvalue weighted by Crippen LogP contribution is -2.49. The molecule has 0 saturated carbocycles. The summed E-state index contributed by atoms with van der Waals surface area (Å²) in [5, 5.41) is 5.97. The summed E-state index contributed by atoms with van der Waals surface area (Å²) in [6.45, 7) is 9.80. The molecule has 1 atom stereocenters. The van der Waals surface area contributed by atoms with E-state index in [2.05, 4.69) is 29.4 Å². The van der Waals surface area contributed by atoms with Gasteiger partial charge in [-0.2, -0.15) is 0 Å². The van der Waals surface area contributed by atoms with Gasteiger partial charge in [-0.15, -0.1) is 0 Å². The van der Waals surface area contributed by atoms with Gasteiger partial charge in [0, 0.05) is 50.9 Å². The topological polar surface area (TPSA) is 73.9 Å². The number of likely N-dealkylation sites (tertiary alicyclic amines) is 1. The maximum absolute atomic E-state index is 12.5. The minimum Gasteiger partial charge on any atom is -0.379 e. The van der Waals surface area contributed by atoms with Crippen LogP contribution in [0.4, 0.5) is 10.5 Å². The van der Waals surface area contributed by atoms with Crippen molar-refractivity contribution in [3.8, 4) is 0 Å². The quantitative estimate of drug-likeness (QED) is 0.701. The van der Waals surface area contributed by atoms with E-state index in [0.717, 1.165) is 56.9 Å². The Labute approximate surface area is 173 Å². The third kappa shape index (κ3) is 6.72. The lowest BCUT2D eigenvalue weighted by atomic mass is 10.0. The van der Waals surface area contributed by atoms with Gasteiger partial charge >= 0.3 is 6.03 Å². The van der Waals surface area contributed by atoms with Crippen LogP contribution in [0, 0.1) is 5.92 Å². The standard InChI is InChI=1S/C22H34N4O3/c1-17(2)13-20(25-9-11-29-12-10-25)15-23-22(28)24-19-6-3-5-18(14-19)16-26-8-4-7-21(26)27/h3,5-6,14,17,20H,4,7-13,15-16H2,1-2H3,(H2,23,24,28)/t20-/m1/s1. The van der Waals surface area contributed by atoms with E-state index in [9.17, 15) is 9.59 Å². The van der Waals surface area contributed by atoms with Gasteiger partial charge in [0.15, 0.2) is 0 Å². The summed E-state index contributed by atoms with van der Waals surface area (Å²) in [6.07, 6.45) is 2.61. The molecule has 29 heavy (non-hydrogen) atoms. The van der Waals surface area contributed by atoms with Crippen molar-refractivity contribution >= 4 is 17.6 Å². The largest absolute Gasteiger partial charge is 0.379 e.